The maximum atomic E-state index is 11.1. The number of fused-ring (bicyclic) bond motifs is 1. The summed E-state index contributed by atoms with van der Waals surface area (Å²) in [5.74, 6) is 0.953. The van der Waals surface area contributed by atoms with Gasteiger partial charge in [-0.05, 0) is 18.6 Å². The second-order valence-electron chi connectivity index (χ2n) is 4.86. The van der Waals surface area contributed by atoms with Gasteiger partial charge in [-0.1, -0.05) is 12.1 Å². The van der Waals surface area contributed by atoms with Crippen LogP contribution in [-0.2, 0) is 16.0 Å². The van der Waals surface area contributed by atoms with Gasteiger partial charge in [0, 0.05) is 30.2 Å². The molecule has 0 unspecified atom stereocenters. The van der Waals surface area contributed by atoms with Crippen LogP contribution in [-0.4, -0.2) is 15.9 Å². The average molecular weight is 312 g/mol. The Hall–Kier alpha value is -3.22. The Kier molecular flexibility index (Phi) is 3.76. The molecule has 7 nitrogen and oxygen atoms in total. The van der Waals surface area contributed by atoms with Crippen LogP contribution in [0.4, 0.5) is 5.69 Å². The number of rotatable bonds is 4. The molecule has 0 spiro atoms. The van der Waals surface area contributed by atoms with Gasteiger partial charge < -0.3 is 9.47 Å². The average Bonchev–Trinajstić information content (AvgIpc) is 2.91. The highest BCUT2D eigenvalue weighted by molar-refractivity contribution is 5.80. The number of nitrogens with zero attached hydrogens (tertiary/aromatic N) is 2. The molecule has 0 N–H and O–H groups in total. The van der Waals surface area contributed by atoms with E-state index in [0.29, 0.717) is 17.9 Å². The largest absolute Gasteiger partial charge is 0.439 e. The molecule has 0 saturated carbocycles. The van der Waals surface area contributed by atoms with Crippen LogP contribution in [0.1, 0.15) is 18.1 Å². The summed E-state index contributed by atoms with van der Waals surface area (Å²) in [5, 5.41) is 10.6. The minimum atomic E-state index is -0.522. The fourth-order valence-electron chi connectivity index (χ4n) is 2.31. The van der Waals surface area contributed by atoms with E-state index in [1.165, 1.54) is 19.1 Å². The van der Waals surface area contributed by atoms with E-state index in [2.05, 4.69) is 4.98 Å². The van der Waals surface area contributed by atoms with Crippen molar-refractivity contribution in [1.29, 1.82) is 0 Å². The van der Waals surface area contributed by atoms with E-state index in [9.17, 15) is 14.9 Å². The van der Waals surface area contributed by atoms with Gasteiger partial charge in [0.1, 0.15) is 17.7 Å². The Morgan fingerprint density at radius 2 is 2.13 bits per heavy atom. The first-order chi connectivity index (χ1) is 11.0. The summed E-state index contributed by atoms with van der Waals surface area (Å²) >= 11 is 0. The third-order valence-corrected chi connectivity index (χ3v) is 3.29. The zero-order valence-electron chi connectivity index (χ0n) is 12.2. The number of hydrogen-bond acceptors (Lipinski definition) is 6. The van der Waals surface area contributed by atoms with Gasteiger partial charge in [-0.25, -0.2) is 4.98 Å². The lowest BCUT2D eigenvalue weighted by Crippen LogP contribution is -1.98. The molecule has 3 rings (SSSR count). The van der Waals surface area contributed by atoms with Crippen LogP contribution >= 0.6 is 0 Å². The third kappa shape index (κ3) is 3.03. The predicted octanol–water partition coefficient (Wildman–Crippen LogP) is 3.24. The van der Waals surface area contributed by atoms with Gasteiger partial charge in [0.15, 0.2) is 0 Å². The number of carbonyl (C=O) groups excluding carboxylic acids is 1. The standard InChI is InChI=1S/C16H12N2O5/c1-10(19)22-15-7-6-13-12(15)3-2-4-14(13)23-16-8-5-11(9-17-16)18(20)21/h2-5,7-9H,6H2,1H3. The Bertz CT molecular complexity index is 812. The molecule has 2 aromatic rings. The highest BCUT2D eigenvalue weighted by Crippen LogP contribution is 2.36. The Balaban J connectivity index is 1.84. The van der Waals surface area contributed by atoms with Gasteiger partial charge in [-0.3, -0.25) is 14.9 Å². The van der Waals surface area contributed by atoms with Crippen molar-refractivity contribution in [2.45, 2.75) is 13.3 Å². The van der Waals surface area contributed by atoms with Gasteiger partial charge in [0.2, 0.25) is 5.88 Å². The molecule has 0 bridgehead atoms. The molecule has 0 atom stereocenters. The van der Waals surface area contributed by atoms with Crippen molar-refractivity contribution >= 4 is 17.4 Å². The topological polar surface area (TPSA) is 91.6 Å². The van der Waals surface area contributed by atoms with Crippen molar-refractivity contribution in [2.75, 3.05) is 0 Å². The Morgan fingerprint density at radius 3 is 2.78 bits per heavy atom. The molecule has 0 amide bonds. The molecule has 0 saturated heterocycles. The molecule has 1 aromatic heterocycles. The van der Waals surface area contributed by atoms with E-state index < -0.39 is 4.92 Å². The summed E-state index contributed by atoms with van der Waals surface area (Å²) in [7, 11) is 0. The smallest absolute Gasteiger partial charge is 0.308 e. The van der Waals surface area contributed by atoms with Gasteiger partial charge in [-0.15, -0.1) is 0 Å². The van der Waals surface area contributed by atoms with Gasteiger partial charge in [-0.2, -0.15) is 0 Å². The fraction of sp³-hybridized carbons (Fsp3) is 0.125. The number of benzene rings is 1. The molecular weight excluding hydrogens is 300 g/mol. The maximum Gasteiger partial charge on any atom is 0.308 e. The monoisotopic (exact) mass is 312 g/mol. The lowest BCUT2D eigenvalue weighted by atomic mass is 10.1. The molecule has 1 aromatic carbocycles. The number of carbonyl (C=O) groups is 1. The molecule has 116 valence electrons. The molecule has 7 heteroatoms. The summed E-state index contributed by atoms with van der Waals surface area (Å²) in [6.07, 6.45) is 3.52. The molecule has 1 aliphatic rings. The fourth-order valence-corrected chi connectivity index (χ4v) is 2.31. The first kappa shape index (κ1) is 14.7. The summed E-state index contributed by atoms with van der Waals surface area (Å²) in [5.41, 5.74) is 1.57. The summed E-state index contributed by atoms with van der Waals surface area (Å²) in [6.45, 7) is 1.35. The van der Waals surface area contributed by atoms with Crippen molar-refractivity contribution in [3.05, 3.63) is 63.8 Å². The number of nitro groups is 1. The first-order valence-electron chi connectivity index (χ1n) is 6.84. The lowest BCUT2D eigenvalue weighted by Gasteiger charge is -2.10. The number of pyridine rings is 1. The van der Waals surface area contributed by atoms with E-state index in [-0.39, 0.29) is 17.5 Å². The van der Waals surface area contributed by atoms with Crippen LogP contribution in [0.25, 0.3) is 5.76 Å². The molecular formula is C16H12N2O5. The normalized spacial score (nSPS) is 12.3. The Morgan fingerprint density at radius 1 is 1.30 bits per heavy atom. The molecule has 0 fully saturated rings. The van der Waals surface area contributed by atoms with Crippen LogP contribution in [0.5, 0.6) is 11.6 Å². The minimum Gasteiger partial charge on any atom is -0.439 e. The molecule has 1 aliphatic carbocycles. The SMILES string of the molecule is CC(=O)OC1=CCc2c(Oc3ccc([N+](=O)[O-])cn3)cccc21. The van der Waals surface area contributed by atoms with Gasteiger partial charge in [0.05, 0.1) is 4.92 Å². The summed E-state index contributed by atoms with van der Waals surface area (Å²) in [6, 6.07) is 8.16. The number of esters is 1. The van der Waals surface area contributed by atoms with Crippen LogP contribution < -0.4 is 4.74 Å². The van der Waals surface area contributed by atoms with Crippen molar-refractivity contribution in [1.82, 2.24) is 4.98 Å². The van der Waals surface area contributed by atoms with E-state index in [0.717, 1.165) is 17.3 Å². The number of hydrogen-bond donors (Lipinski definition) is 0. The van der Waals surface area contributed by atoms with Crippen LogP contribution in [0, 0.1) is 10.1 Å². The molecule has 23 heavy (non-hydrogen) atoms. The number of aromatic nitrogens is 1. The predicted molar refractivity (Wildman–Crippen MR) is 80.9 cm³/mol. The second-order valence-corrected chi connectivity index (χ2v) is 4.86. The third-order valence-electron chi connectivity index (χ3n) is 3.29. The van der Waals surface area contributed by atoms with Gasteiger partial charge >= 0.3 is 5.97 Å². The zero-order chi connectivity index (χ0) is 16.4. The van der Waals surface area contributed by atoms with Crippen molar-refractivity contribution in [3.8, 4) is 11.6 Å². The second kappa shape index (κ2) is 5.88. The van der Waals surface area contributed by atoms with E-state index in [4.69, 9.17) is 9.47 Å². The minimum absolute atomic E-state index is 0.102. The zero-order valence-corrected chi connectivity index (χ0v) is 12.2. The van der Waals surface area contributed by atoms with Gasteiger partial charge in [0.25, 0.3) is 5.69 Å². The lowest BCUT2D eigenvalue weighted by molar-refractivity contribution is -0.385. The highest BCUT2D eigenvalue weighted by Gasteiger charge is 2.21. The van der Waals surface area contributed by atoms with E-state index >= 15 is 0 Å². The Labute approximate surface area is 131 Å². The first-order valence-corrected chi connectivity index (χ1v) is 6.84. The molecule has 0 radical (unpaired) electrons. The molecule has 0 aliphatic heterocycles. The van der Waals surface area contributed by atoms with Crippen LogP contribution in [0.15, 0.2) is 42.6 Å². The maximum absolute atomic E-state index is 11.1. The highest BCUT2D eigenvalue weighted by atomic mass is 16.6. The summed E-state index contributed by atoms with van der Waals surface area (Å²) < 4.78 is 10.9. The van der Waals surface area contributed by atoms with Crippen molar-refractivity contribution < 1.29 is 19.2 Å². The van der Waals surface area contributed by atoms with E-state index in [1.54, 1.807) is 12.1 Å². The van der Waals surface area contributed by atoms with E-state index in [1.807, 2.05) is 12.1 Å². The quantitative estimate of drug-likeness (QED) is 0.489. The van der Waals surface area contributed by atoms with Crippen LogP contribution in [0.2, 0.25) is 0 Å². The van der Waals surface area contributed by atoms with Crippen LogP contribution in [0.3, 0.4) is 0 Å². The number of allylic oxidation sites excluding steroid dienone is 1. The van der Waals surface area contributed by atoms with Crippen molar-refractivity contribution in [2.24, 2.45) is 0 Å². The molecule has 1 heterocycles. The number of ether oxygens (including phenoxy) is 2. The van der Waals surface area contributed by atoms with Crippen molar-refractivity contribution in [3.63, 3.8) is 0 Å². The summed E-state index contributed by atoms with van der Waals surface area (Å²) in [4.78, 5) is 25.1.